The third kappa shape index (κ3) is 2.00. The van der Waals surface area contributed by atoms with E-state index in [0.717, 1.165) is 5.56 Å². The van der Waals surface area contributed by atoms with E-state index >= 15 is 0 Å². The number of benzene rings is 2. The van der Waals surface area contributed by atoms with Gasteiger partial charge in [0, 0.05) is 5.56 Å². The van der Waals surface area contributed by atoms with E-state index in [1.54, 1.807) is 0 Å². The van der Waals surface area contributed by atoms with Gasteiger partial charge in [0.05, 0.1) is 5.92 Å². The minimum absolute atomic E-state index is 0.242. The van der Waals surface area contributed by atoms with Crippen LogP contribution in [-0.2, 0) is 0 Å². The van der Waals surface area contributed by atoms with Gasteiger partial charge in [-0.3, -0.25) is 0 Å². The molecule has 0 saturated carbocycles. The first-order valence-electron chi connectivity index (χ1n) is 5.77. The van der Waals surface area contributed by atoms with Crippen molar-refractivity contribution in [3.8, 4) is 11.8 Å². The third-order valence-corrected chi connectivity index (χ3v) is 2.95. The second-order valence-electron chi connectivity index (χ2n) is 4.10. The highest BCUT2D eigenvalue weighted by Gasteiger charge is 2.13. The summed E-state index contributed by atoms with van der Waals surface area (Å²) < 4.78 is 0. The smallest absolute Gasteiger partial charge is 0.0645 e. The maximum atomic E-state index is 3.32. The molecule has 0 nitrogen and oxygen atoms in total. The number of hydrogen-bond donors (Lipinski definition) is 0. The maximum absolute atomic E-state index is 3.32. The van der Waals surface area contributed by atoms with E-state index in [1.165, 1.54) is 11.1 Å². The molecule has 0 N–H and O–H groups in total. The molecular weight excluding hydrogens is 204 g/mol. The van der Waals surface area contributed by atoms with Crippen molar-refractivity contribution in [2.24, 2.45) is 0 Å². The molecule has 3 rings (SSSR count). The average Bonchev–Trinajstić information content (AvgIpc) is 2.81. The van der Waals surface area contributed by atoms with E-state index < -0.39 is 0 Å². The SMILES string of the molecule is C(#CC1C=Cc2ccccc21)c1ccccc1. The van der Waals surface area contributed by atoms with Gasteiger partial charge in [-0.1, -0.05) is 66.5 Å². The average molecular weight is 216 g/mol. The van der Waals surface area contributed by atoms with Gasteiger partial charge in [-0.2, -0.15) is 0 Å². The summed E-state index contributed by atoms with van der Waals surface area (Å²) in [6.45, 7) is 0. The molecule has 0 fully saturated rings. The lowest BCUT2D eigenvalue weighted by Gasteiger charge is -2.02. The zero-order valence-electron chi connectivity index (χ0n) is 9.43. The van der Waals surface area contributed by atoms with Crippen molar-refractivity contribution in [1.82, 2.24) is 0 Å². The Morgan fingerprint density at radius 2 is 1.59 bits per heavy atom. The molecule has 0 amide bonds. The minimum Gasteiger partial charge on any atom is -0.0854 e. The molecule has 80 valence electrons. The summed E-state index contributed by atoms with van der Waals surface area (Å²) in [6.07, 6.45) is 4.32. The van der Waals surface area contributed by atoms with Gasteiger partial charge < -0.3 is 0 Å². The lowest BCUT2D eigenvalue weighted by molar-refractivity contribution is 1.16. The van der Waals surface area contributed by atoms with Gasteiger partial charge in [-0.15, -0.1) is 0 Å². The van der Waals surface area contributed by atoms with Crippen molar-refractivity contribution < 1.29 is 0 Å². The number of allylic oxidation sites excluding steroid dienone is 1. The van der Waals surface area contributed by atoms with Gasteiger partial charge >= 0.3 is 0 Å². The second-order valence-corrected chi connectivity index (χ2v) is 4.10. The van der Waals surface area contributed by atoms with E-state index in [4.69, 9.17) is 0 Å². The topological polar surface area (TPSA) is 0 Å². The Labute approximate surface area is 102 Å². The van der Waals surface area contributed by atoms with Gasteiger partial charge in [-0.25, -0.2) is 0 Å². The maximum Gasteiger partial charge on any atom is 0.0645 e. The van der Waals surface area contributed by atoms with Crippen molar-refractivity contribution in [2.45, 2.75) is 5.92 Å². The van der Waals surface area contributed by atoms with Crippen LogP contribution in [0.25, 0.3) is 6.08 Å². The number of rotatable bonds is 0. The van der Waals surface area contributed by atoms with Crippen molar-refractivity contribution >= 4 is 6.08 Å². The van der Waals surface area contributed by atoms with Crippen LogP contribution in [0, 0.1) is 11.8 Å². The predicted octanol–water partition coefficient (Wildman–Crippen LogP) is 3.85. The third-order valence-electron chi connectivity index (χ3n) is 2.95. The van der Waals surface area contributed by atoms with Crippen LogP contribution in [0.5, 0.6) is 0 Å². The summed E-state index contributed by atoms with van der Waals surface area (Å²) in [5.74, 6) is 6.79. The first-order valence-corrected chi connectivity index (χ1v) is 5.77. The summed E-state index contributed by atoms with van der Waals surface area (Å²) in [7, 11) is 0. The summed E-state index contributed by atoms with van der Waals surface area (Å²) in [5, 5.41) is 0. The summed E-state index contributed by atoms with van der Waals surface area (Å²) in [5.41, 5.74) is 3.68. The molecule has 2 aromatic carbocycles. The monoisotopic (exact) mass is 216 g/mol. The molecular formula is C17H12. The van der Waals surface area contributed by atoms with Gasteiger partial charge in [0.2, 0.25) is 0 Å². The Hall–Kier alpha value is -2.26. The Morgan fingerprint density at radius 3 is 2.47 bits per heavy atom. The fourth-order valence-electron chi connectivity index (χ4n) is 2.06. The van der Waals surface area contributed by atoms with E-state index in [-0.39, 0.29) is 5.92 Å². The van der Waals surface area contributed by atoms with Gasteiger partial charge in [0.25, 0.3) is 0 Å². The minimum atomic E-state index is 0.242. The van der Waals surface area contributed by atoms with Crippen molar-refractivity contribution in [3.05, 3.63) is 77.4 Å². The fourth-order valence-corrected chi connectivity index (χ4v) is 2.06. The summed E-state index contributed by atoms with van der Waals surface area (Å²) in [6, 6.07) is 18.5. The van der Waals surface area contributed by atoms with E-state index in [1.807, 2.05) is 30.3 Å². The lowest BCUT2D eigenvalue weighted by atomic mass is 10.0. The fraction of sp³-hybridized carbons (Fsp3) is 0.0588. The molecule has 0 heterocycles. The standard InChI is InChI=1S/C17H12/c1-2-6-14(7-3-1)10-11-16-13-12-15-8-4-5-9-17(15)16/h1-9,12-13,16H. The molecule has 1 atom stereocenters. The highest BCUT2D eigenvalue weighted by molar-refractivity contribution is 5.65. The largest absolute Gasteiger partial charge is 0.0854 e. The first-order chi connectivity index (χ1) is 8.43. The molecule has 1 unspecified atom stereocenters. The van der Waals surface area contributed by atoms with Gasteiger partial charge in [0.15, 0.2) is 0 Å². The van der Waals surface area contributed by atoms with Crippen molar-refractivity contribution in [3.63, 3.8) is 0 Å². The summed E-state index contributed by atoms with van der Waals surface area (Å²) in [4.78, 5) is 0. The molecule has 2 aromatic rings. The Bertz CT molecular complexity index is 609. The Kier molecular flexibility index (Phi) is 2.52. The zero-order chi connectivity index (χ0) is 11.5. The normalized spacial score (nSPS) is 16.1. The molecule has 17 heavy (non-hydrogen) atoms. The molecule has 0 heteroatoms. The predicted molar refractivity (Wildman–Crippen MR) is 71.5 cm³/mol. The number of fused-ring (bicyclic) bond motifs is 1. The Morgan fingerprint density at radius 1 is 0.824 bits per heavy atom. The van der Waals surface area contributed by atoms with Crippen LogP contribution in [-0.4, -0.2) is 0 Å². The molecule has 1 aliphatic carbocycles. The molecule has 1 aliphatic rings. The molecule has 0 aliphatic heterocycles. The van der Waals surface area contributed by atoms with E-state index in [0.29, 0.717) is 0 Å². The molecule has 0 bridgehead atoms. The van der Waals surface area contributed by atoms with E-state index in [2.05, 4.69) is 48.3 Å². The van der Waals surface area contributed by atoms with Crippen LogP contribution in [0.3, 0.4) is 0 Å². The van der Waals surface area contributed by atoms with Crippen LogP contribution in [0.15, 0.2) is 60.7 Å². The van der Waals surface area contributed by atoms with Gasteiger partial charge in [-0.05, 0) is 23.3 Å². The van der Waals surface area contributed by atoms with Crippen LogP contribution >= 0.6 is 0 Å². The quantitative estimate of drug-likeness (QED) is 0.587. The zero-order valence-corrected chi connectivity index (χ0v) is 9.43. The highest BCUT2D eigenvalue weighted by Crippen LogP contribution is 2.28. The van der Waals surface area contributed by atoms with Crippen LogP contribution in [0.2, 0.25) is 0 Å². The molecule has 0 aromatic heterocycles. The molecule has 0 radical (unpaired) electrons. The second kappa shape index (κ2) is 4.31. The number of hydrogen-bond acceptors (Lipinski definition) is 0. The van der Waals surface area contributed by atoms with Crippen molar-refractivity contribution in [2.75, 3.05) is 0 Å². The van der Waals surface area contributed by atoms with Gasteiger partial charge in [0.1, 0.15) is 0 Å². The van der Waals surface area contributed by atoms with Crippen LogP contribution in [0.1, 0.15) is 22.6 Å². The van der Waals surface area contributed by atoms with Crippen molar-refractivity contribution in [1.29, 1.82) is 0 Å². The lowest BCUT2D eigenvalue weighted by Crippen LogP contribution is -1.88. The van der Waals surface area contributed by atoms with E-state index in [9.17, 15) is 0 Å². The molecule has 0 spiro atoms. The Balaban J connectivity index is 1.90. The summed E-state index contributed by atoms with van der Waals surface area (Å²) >= 11 is 0. The van der Waals surface area contributed by atoms with Crippen LogP contribution in [0.4, 0.5) is 0 Å². The highest BCUT2D eigenvalue weighted by atomic mass is 14.2. The van der Waals surface area contributed by atoms with Crippen LogP contribution < -0.4 is 0 Å². The first kappa shape index (κ1) is 9.93. The molecule has 0 saturated heterocycles.